The second-order valence-corrected chi connectivity index (χ2v) is 6.94. The molecule has 1 aromatic carbocycles. The minimum Gasteiger partial charge on any atom is -0.398 e. The highest BCUT2D eigenvalue weighted by Crippen LogP contribution is 2.32. The first-order valence-electron chi connectivity index (χ1n) is 5.99. The van der Waals surface area contributed by atoms with Gasteiger partial charge in [0.25, 0.3) is 0 Å². The Kier molecular flexibility index (Phi) is 3.70. The Morgan fingerprint density at radius 2 is 1.89 bits per heavy atom. The fourth-order valence-electron chi connectivity index (χ4n) is 1.77. The Labute approximate surface area is 122 Å². The van der Waals surface area contributed by atoms with E-state index in [0.29, 0.717) is 21.2 Å². The Bertz CT molecular complexity index is 605. The van der Waals surface area contributed by atoms with Gasteiger partial charge in [0, 0.05) is 10.6 Å². The van der Waals surface area contributed by atoms with Crippen molar-refractivity contribution in [3.05, 3.63) is 50.7 Å². The molecule has 0 aliphatic rings. The molecule has 100 valence electrons. The number of halogens is 1. The molecule has 0 saturated heterocycles. The lowest BCUT2D eigenvalue weighted by atomic mass is 9.95. The summed E-state index contributed by atoms with van der Waals surface area (Å²) < 4.78 is 0. The van der Waals surface area contributed by atoms with E-state index >= 15 is 0 Å². The molecule has 2 nitrogen and oxygen atoms in total. The summed E-state index contributed by atoms with van der Waals surface area (Å²) in [6.45, 7) is 6.37. The zero-order chi connectivity index (χ0) is 14.2. The molecule has 0 atom stereocenters. The highest BCUT2D eigenvalue weighted by molar-refractivity contribution is 7.14. The quantitative estimate of drug-likeness (QED) is 0.654. The van der Waals surface area contributed by atoms with Crippen LogP contribution in [0.1, 0.15) is 40.9 Å². The van der Waals surface area contributed by atoms with Crippen molar-refractivity contribution in [2.24, 2.45) is 0 Å². The van der Waals surface area contributed by atoms with Crippen molar-refractivity contribution in [3.8, 4) is 0 Å². The summed E-state index contributed by atoms with van der Waals surface area (Å²) in [5.74, 6) is -0.108. The first-order valence-corrected chi connectivity index (χ1v) is 7.19. The third kappa shape index (κ3) is 2.82. The van der Waals surface area contributed by atoms with Crippen molar-refractivity contribution in [2.75, 3.05) is 5.73 Å². The maximum absolute atomic E-state index is 12.5. The highest BCUT2D eigenvalue weighted by Gasteiger charge is 2.21. The summed E-state index contributed by atoms with van der Waals surface area (Å²) in [5.41, 5.74) is 6.70. The summed E-state index contributed by atoms with van der Waals surface area (Å²) in [7, 11) is 0. The van der Waals surface area contributed by atoms with Crippen LogP contribution in [0.5, 0.6) is 0 Å². The minimum atomic E-state index is -0.108. The number of thiophene rings is 1. The first-order chi connectivity index (χ1) is 8.80. The van der Waals surface area contributed by atoms with Gasteiger partial charge in [-0.3, -0.25) is 4.79 Å². The zero-order valence-corrected chi connectivity index (χ0v) is 12.7. The minimum absolute atomic E-state index is 0.0369. The molecule has 19 heavy (non-hydrogen) atoms. The Balaban J connectivity index is 2.43. The number of nitrogen functional groups attached to an aromatic ring is 1. The lowest BCUT2D eigenvalue weighted by Crippen LogP contribution is -2.08. The first kappa shape index (κ1) is 14.1. The van der Waals surface area contributed by atoms with Crippen LogP contribution in [0, 0.1) is 0 Å². The van der Waals surface area contributed by atoms with E-state index in [4.69, 9.17) is 17.3 Å². The van der Waals surface area contributed by atoms with Crippen molar-refractivity contribution in [2.45, 2.75) is 26.2 Å². The summed E-state index contributed by atoms with van der Waals surface area (Å²) in [4.78, 5) is 14.3. The molecule has 0 aliphatic heterocycles. The van der Waals surface area contributed by atoms with Gasteiger partial charge >= 0.3 is 0 Å². The van der Waals surface area contributed by atoms with E-state index < -0.39 is 0 Å². The van der Waals surface area contributed by atoms with E-state index in [9.17, 15) is 4.79 Å². The molecule has 0 aliphatic carbocycles. The molecule has 0 fully saturated rings. The van der Waals surface area contributed by atoms with E-state index in [0.717, 1.165) is 0 Å². The largest absolute Gasteiger partial charge is 0.398 e. The van der Waals surface area contributed by atoms with E-state index in [1.165, 1.54) is 16.2 Å². The van der Waals surface area contributed by atoms with Gasteiger partial charge in [-0.05, 0) is 29.7 Å². The molecule has 2 N–H and O–H groups in total. The molecule has 0 radical (unpaired) electrons. The van der Waals surface area contributed by atoms with Gasteiger partial charge in [0.05, 0.1) is 15.5 Å². The van der Waals surface area contributed by atoms with Crippen molar-refractivity contribution in [1.29, 1.82) is 0 Å². The normalized spacial score (nSPS) is 11.6. The number of anilines is 1. The second-order valence-electron chi connectivity index (χ2n) is 5.45. The van der Waals surface area contributed by atoms with Crippen LogP contribution in [-0.4, -0.2) is 5.78 Å². The van der Waals surface area contributed by atoms with E-state index in [1.54, 1.807) is 18.2 Å². The molecular weight excluding hydrogens is 278 g/mol. The third-order valence-electron chi connectivity index (χ3n) is 2.84. The van der Waals surface area contributed by atoms with Gasteiger partial charge < -0.3 is 5.73 Å². The number of benzene rings is 1. The number of carbonyl (C=O) groups is 1. The van der Waals surface area contributed by atoms with E-state index in [2.05, 4.69) is 20.8 Å². The molecule has 0 amide bonds. The zero-order valence-electron chi connectivity index (χ0n) is 11.2. The van der Waals surface area contributed by atoms with E-state index in [1.807, 2.05) is 12.1 Å². The van der Waals surface area contributed by atoms with Crippen molar-refractivity contribution >= 4 is 34.4 Å². The average Bonchev–Trinajstić information content (AvgIpc) is 2.77. The van der Waals surface area contributed by atoms with Crippen LogP contribution in [-0.2, 0) is 5.41 Å². The Morgan fingerprint density at radius 3 is 2.42 bits per heavy atom. The van der Waals surface area contributed by atoms with Crippen molar-refractivity contribution < 1.29 is 4.79 Å². The molecule has 2 aromatic rings. The van der Waals surface area contributed by atoms with Gasteiger partial charge in [0.15, 0.2) is 0 Å². The summed E-state index contributed by atoms with van der Waals surface area (Å²) in [6, 6.07) is 8.95. The number of rotatable bonds is 2. The summed E-state index contributed by atoms with van der Waals surface area (Å²) >= 11 is 7.57. The van der Waals surface area contributed by atoms with E-state index in [-0.39, 0.29) is 11.2 Å². The monoisotopic (exact) mass is 293 g/mol. The summed E-state index contributed by atoms with van der Waals surface area (Å²) in [6.07, 6.45) is 0. The molecule has 0 unspecified atom stereocenters. The predicted octanol–water partition coefficient (Wildman–Crippen LogP) is 4.51. The maximum atomic E-state index is 12.5. The second kappa shape index (κ2) is 4.99. The molecule has 1 heterocycles. The molecule has 4 heteroatoms. The Morgan fingerprint density at radius 1 is 1.21 bits per heavy atom. The van der Waals surface area contributed by atoms with Crippen molar-refractivity contribution in [1.82, 2.24) is 0 Å². The SMILES string of the molecule is CC(C)(C)c1ccc(C(=O)c2c(N)cccc2Cl)s1. The topological polar surface area (TPSA) is 43.1 Å². The fraction of sp³-hybridized carbons (Fsp3) is 0.267. The Hall–Kier alpha value is -1.32. The van der Waals surface area contributed by atoms with Crippen LogP contribution in [0.25, 0.3) is 0 Å². The number of ketones is 1. The number of nitrogens with two attached hydrogens (primary N) is 1. The lowest BCUT2D eigenvalue weighted by Gasteiger charge is -2.15. The predicted molar refractivity (Wildman–Crippen MR) is 82.3 cm³/mol. The number of hydrogen-bond donors (Lipinski definition) is 1. The van der Waals surface area contributed by atoms with Crippen LogP contribution in [0.2, 0.25) is 5.02 Å². The molecular formula is C15H16ClNOS. The smallest absolute Gasteiger partial charge is 0.206 e. The van der Waals surface area contributed by atoms with Crippen molar-refractivity contribution in [3.63, 3.8) is 0 Å². The third-order valence-corrected chi connectivity index (χ3v) is 4.67. The number of hydrogen-bond acceptors (Lipinski definition) is 3. The van der Waals surface area contributed by atoms with Gasteiger partial charge in [-0.1, -0.05) is 38.4 Å². The number of carbonyl (C=O) groups excluding carboxylic acids is 1. The van der Waals surface area contributed by atoms with Crippen LogP contribution in [0.4, 0.5) is 5.69 Å². The molecule has 0 spiro atoms. The molecule has 0 bridgehead atoms. The van der Waals surface area contributed by atoms with Crippen LogP contribution < -0.4 is 5.73 Å². The lowest BCUT2D eigenvalue weighted by molar-refractivity contribution is 0.104. The standard InChI is InChI=1S/C15H16ClNOS/c1-15(2,3)12-8-7-11(19-12)14(18)13-9(16)5-4-6-10(13)17/h4-8H,17H2,1-3H3. The molecule has 1 aromatic heterocycles. The summed E-state index contributed by atoms with van der Waals surface area (Å²) in [5, 5.41) is 0.399. The van der Waals surface area contributed by atoms with Gasteiger partial charge in [0.1, 0.15) is 0 Å². The average molecular weight is 294 g/mol. The highest BCUT2D eigenvalue weighted by atomic mass is 35.5. The van der Waals surface area contributed by atoms with Gasteiger partial charge in [0.2, 0.25) is 5.78 Å². The fourth-order valence-corrected chi connectivity index (χ4v) is 3.04. The van der Waals surface area contributed by atoms with Gasteiger partial charge in [-0.2, -0.15) is 0 Å². The van der Waals surface area contributed by atoms with Crippen LogP contribution in [0.15, 0.2) is 30.3 Å². The van der Waals surface area contributed by atoms with Crippen LogP contribution in [0.3, 0.4) is 0 Å². The molecule has 0 saturated carbocycles. The molecule has 2 rings (SSSR count). The van der Waals surface area contributed by atoms with Crippen LogP contribution >= 0.6 is 22.9 Å². The maximum Gasteiger partial charge on any atom is 0.206 e. The van der Waals surface area contributed by atoms with Gasteiger partial charge in [-0.25, -0.2) is 0 Å². The van der Waals surface area contributed by atoms with Gasteiger partial charge in [-0.15, -0.1) is 11.3 Å².